The second kappa shape index (κ2) is 6.57. The first kappa shape index (κ1) is 15.3. The number of para-hydroxylation sites is 1. The summed E-state index contributed by atoms with van der Waals surface area (Å²) in [5.74, 6) is 0.0420. The monoisotopic (exact) mass is 286 g/mol. The highest BCUT2D eigenvalue weighted by atomic mass is 16.2. The van der Waals surface area contributed by atoms with Gasteiger partial charge < -0.3 is 9.80 Å². The third-order valence-electron chi connectivity index (χ3n) is 3.87. The molecule has 0 spiro atoms. The number of hydrogen-bond acceptors (Lipinski definition) is 2. The predicted molar refractivity (Wildman–Crippen MR) is 84.2 cm³/mol. The molecule has 112 valence electrons. The van der Waals surface area contributed by atoms with Crippen LogP contribution in [0.3, 0.4) is 0 Å². The Bertz CT molecular complexity index is 553. The standard InChI is InChI=1S/C17H22N2O2/c1-4-10-18(14(3)20)11-9-17(21)19-13(2)12-15-7-5-6-8-16(15)19/h4-8,13H,1,9-12H2,2-3H3. The molecule has 1 atom stereocenters. The Kier molecular flexibility index (Phi) is 4.78. The van der Waals surface area contributed by atoms with Crippen molar-refractivity contribution >= 4 is 17.5 Å². The van der Waals surface area contributed by atoms with E-state index in [2.05, 4.69) is 19.6 Å². The first-order valence-corrected chi connectivity index (χ1v) is 7.31. The number of carbonyl (C=O) groups is 2. The average Bonchev–Trinajstić information content (AvgIpc) is 2.78. The third-order valence-corrected chi connectivity index (χ3v) is 3.87. The highest BCUT2D eigenvalue weighted by Crippen LogP contribution is 2.32. The van der Waals surface area contributed by atoms with Gasteiger partial charge in [-0.05, 0) is 25.0 Å². The molecule has 0 bridgehead atoms. The minimum atomic E-state index is -0.0300. The Morgan fingerprint density at radius 1 is 1.43 bits per heavy atom. The fourth-order valence-electron chi connectivity index (χ4n) is 2.83. The minimum absolute atomic E-state index is 0.0300. The van der Waals surface area contributed by atoms with Crippen molar-refractivity contribution in [3.63, 3.8) is 0 Å². The number of fused-ring (bicyclic) bond motifs is 1. The molecular formula is C17H22N2O2. The number of rotatable bonds is 5. The van der Waals surface area contributed by atoms with Gasteiger partial charge in [-0.3, -0.25) is 9.59 Å². The summed E-state index contributed by atoms with van der Waals surface area (Å²) in [6.07, 6.45) is 2.91. The van der Waals surface area contributed by atoms with E-state index in [1.165, 1.54) is 12.5 Å². The fraction of sp³-hybridized carbons (Fsp3) is 0.412. The molecule has 0 saturated heterocycles. The number of amides is 2. The maximum atomic E-state index is 12.5. The Morgan fingerprint density at radius 2 is 2.14 bits per heavy atom. The molecule has 1 unspecified atom stereocenters. The summed E-state index contributed by atoms with van der Waals surface area (Å²) in [5, 5.41) is 0. The largest absolute Gasteiger partial charge is 0.339 e. The van der Waals surface area contributed by atoms with Crippen molar-refractivity contribution in [2.75, 3.05) is 18.0 Å². The molecule has 2 rings (SSSR count). The number of nitrogens with zero attached hydrogens (tertiary/aromatic N) is 2. The maximum absolute atomic E-state index is 12.5. The number of hydrogen-bond donors (Lipinski definition) is 0. The molecule has 1 aliphatic rings. The van der Waals surface area contributed by atoms with Crippen molar-refractivity contribution in [3.8, 4) is 0 Å². The van der Waals surface area contributed by atoms with Crippen molar-refractivity contribution in [2.45, 2.75) is 32.7 Å². The SMILES string of the molecule is C=CCN(CCC(=O)N1c2ccccc2CC1C)C(C)=O. The van der Waals surface area contributed by atoms with Crippen LogP contribution >= 0.6 is 0 Å². The zero-order valence-corrected chi connectivity index (χ0v) is 12.7. The van der Waals surface area contributed by atoms with Crippen molar-refractivity contribution in [2.24, 2.45) is 0 Å². The molecule has 0 aliphatic carbocycles. The molecule has 1 aromatic carbocycles. The van der Waals surface area contributed by atoms with E-state index in [9.17, 15) is 9.59 Å². The van der Waals surface area contributed by atoms with Crippen LogP contribution in [0.25, 0.3) is 0 Å². The van der Waals surface area contributed by atoms with E-state index in [1.807, 2.05) is 23.1 Å². The van der Waals surface area contributed by atoms with Crippen LogP contribution in [0.2, 0.25) is 0 Å². The van der Waals surface area contributed by atoms with Crippen LogP contribution in [0.4, 0.5) is 5.69 Å². The Balaban J connectivity index is 2.04. The minimum Gasteiger partial charge on any atom is -0.339 e. The van der Waals surface area contributed by atoms with E-state index in [0.29, 0.717) is 19.5 Å². The predicted octanol–water partition coefficient (Wildman–Crippen LogP) is 2.39. The van der Waals surface area contributed by atoms with Crippen molar-refractivity contribution < 1.29 is 9.59 Å². The van der Waals surface area contributed by atoms with Gasteiger partial charge in [-0.25, -0.2) is 0 Å². The molecule has 4 heteroatoms. The molecular weight excluding hydrogens is 264 g/mol. The Labute approximate surface area is 126 Å². The summed E-state index contributed by atoms with van der Waals surface area (Å²) in [6, 6.07) is 8.19. The summed E-state index contributed by atoms with van der Waals surface area (Å²) in [7, 11) is 0. The maximum Gasteiger partial charge on any atom is 0.229 e. The van der Waals surface area contributed by atoms with E-state index in [4.69, 9.17) is 0 Å². The quantitative estimate of drug-likeness (QED) is 0.780. The molecule has 2 amide bonds. The van der Waals surface area contributed by atoms with Crippen LogP contribution in [-0.4, -0.2) is 35.8 Å². The Hall–Kier alpha value is -2.10. The molecule has 0 N–H and O–H groups in total. The van der Waals surface area contributed by atoms with Gasteiger partial charge in [0.15, 0.2) is 0 Å². The molecule has 4 nitrogen and oxygen atoms in total. The third kappa shape index (κ3) is 3.32. The Morgan fingerprint density at radius 3 is 2.81 bits per heavy atom. The van der Waals surface area contributed by atoms with Gasteiger partial charge in [0.1, 0.15) is 0 Å². The number of benzene rings is 1. The van der Waals surface area contributed by atoms with Gasteiger partial charge in [0, 0.05) is 38.2 Å². The fourth-order valence-corrected chi connectivity index (χ4v) is 2.83. The molecule has 21 heavy (non-hydrogen) atoms. The summed E-state index contributed by atoms with van der Waals surface area (Å²) >= 11 is 0. The topological polar surface area (TPSA) is 40.6 Å². The molecule has 0 aromatic heterocycles. The van der Waals surface area contributed by atoms with Crippen LogP contribution in [0.15, 0.2) is 36.9 Å². The van der Waals surface area contributed by atoms with Crippen LogP contribution < -0.4 is 4.90 Å². The molecule has 1 aliphatic heterocycles. The van der Waals surface area contributed by atoms with Gasteiger partial charge in [0.25, 0.3) is 0 Å². The van der Waals surface area contributed by atoms with Crippen LogP contribution in [-0.2, 0) is 16.0 Å². The zero-order valence-electron chi connectivity index (χ0n) is 12.7. The smallest absolute Gasteiger partial charge is 0.229 e. The summed E-state index contributed by atoms with van der Waals surface area (Å²) < 4.78 is 0. The summed E-state index contributed by atoms with van der Waals surface area (Å²) in [6.45, 7) is 8.13. The van der Waals surface area contributed by atoms with Crippen LogP contribution in [0.1, 0.15) is 25.8 Å². The second-order valence-corrected chi connectivity index (χ2v) is 5.45. The van der Waals surface area contributed by atoms with Gasteiger partial charge in [0.05, 0.1) is 0 Å². The van der Waals surface area contributed by atoms with E-state index >= 15 is 0 Å². The van der Waals surface area contributed by atoms with Crippen molar-refractivity contribution in [1.82, 2.24) is 4.90 Å². The van der Waals surface area contributed by atoms with Gasteiger partial charge in [-0.2, -0.15) is 0 Å². The molecule has 0 fully saturated rings. The number of anilines is 1. The van der Waals surface area contributed by atoms with Crippen molar-refractivity contribution in [1.29, 1.82) is 0 Å². The zero-order chi connectivity index (χ0) is 15.4. The van der Waals surface area contributed by atoms with E-state index < -0.39 is 0 Å². The lowest BCUT2D eigenvalue weighted by molar-refractivity contribution is -0.129. The molecule has 1 heterocycles. The first-order chi connectivity index (χ1) is 10.0. The average molecular weight is 286 g/mol. The van der Waals surface area contributed by atoms with Crippen LogP contribution in [0.5, 0.6) is 0 Å². The lowest BCUT2D eigenvalue weighted by Gasteiger charge is -2.25. The lowest BCUT2D eigenvalue weighted by Crippen LogP contribution is -2.39. The summed E-state index contributed by atoms with van der Waals surface area (Å²) in [5.41, 5.74) is 2.22. The van der Waals surface area contributed by atoms with E-state index in [0.717, 1.165) is 12.1 Å². The molecule has 0 radical (unpaired) electrons. The summed E-state index contributed by atoms with van der Waals surface area (Å²) in [4.78, 5) is 27.5. The van der Waals surface area contributed by atoms with Gasteiger partial charge in [0.2, 0.25) is 11.8 Å². The highest BCUT2D eigenvalue weighted by Gasteiger charge is 2.30. The van der Waals surface area contributed by atoms with Gasteiger partial charge >= 0.3 is 0 Å². The van der Waals surface area contributed by atoms with Crippen molar-refractivity contribution in [3.05, 3.63) is 42.5 Å². The first-order valence-electron chi connectivity index (χ1n) is 7.31. The molecule has 1 aromatic rings. The highest BCUT2D eigenvalue weighted by molar-refractivity contribution is 5.96. The normalized spacial score (nSPS) is 16.5. The number of carbonyl (C=O) groups excluding carboxylic acids is 2. The van der Waals surface area contributed by atoms with E-state index in [1.54, 1.807) is 11.0 Å². The second-order valence-electron chi connectivity index (χ2n) is 5.45. The lowest BCUT2D eigenvalue weighted by atomic mass is 10.1. The van der Waals surface area contributed by atoms with Gasteiger partial charge in [-0.1, -0.05) is 24.3 Å². The molecule has 0 saturated carbocycles. The van der Waals surface area contributed by atoms with Crippen LogP contribution in [0, 0.1) is 0 Å². The van der Waals surface area contributed by atoms with E-state index in [-0.39, 0.29) is 17.9 Å². The van der Waals surface area contributed by atoms with Gasteiger partial charge in [-0.15, -0.1) is 6.58 Å².